The van der Waals surface area contributed by atoms with E-state index in [0.717, 1.165) is 12.1 Å². The highest BCUT2D eigenvalue weighted by atomic mass is 35.5. The van der Waals surface area contributed by atoms with E-state index in [1.165, 1.54) is 16.5 Å². The quantitative estimate of drug-likeness (QED) is 0.544. The van der Waals surface area contributed by atoms with Gasteiger partial charge in [0.25, 0.3) is 0 Å². The monoisotopic (exact) mass is 424 g/mol. The molecule has 0 bridgehead atoms. The zero-order valence-electron chi connectivity index (χ0n) is 17.8. The molecule has 0 N–H and O–H groups in total. The second-order valence-electron chi connectivity index (χ2n) is 8.26. The summed E-state index contributed by atoms with van der Waals surface area (Å²) in [5.41, 5.74) is 3.45. The fraction of sp³-hybridized carbons (Fsp3) is 0.400. The van der Waals surface area contributed by atoms with Crippen LogP contribution in [0.4, 0.5) is 0 Å². The lowest BCUT2D eigenvalue weighted by Crippen LogP contribution is -2.48. The molecule has 0 spiro atoms. The van der Waals surface area contributed by atoms with Gasteiger partial charge in [-0.05, 0) is 50.1 Å². The predicted molar refractivity (Wildman–Crippen MR) is 122 cm³/mol. The van der Waals surface area contributed by atoms with Crippen molar-refractivity contribution in [3.8, 4) is 0 Å². The van der Waals surface area contributed by atoms with Gasteiger partial charge in [-0.1, -0.05) is 41.9 Å². The lowest BCUT2D eigenvalue weighted by atomic mass is 9.87. The number of ether oxygens (including phenoxy) is 1. The number of rotatable bonds is 5. The minimum absolute atomic E-state index is 0.0534. The lowest BCUT2D eigenvalue weighted by Gasteiger charge is -2.36. The molecule has 3 atom stereocenters. The smallest absolute Gasteiger partial charge is 0.223 e. The van der Waals surface area contributed by atoms with Gasteiger partial charge >= 0.3 is 0 Å². The average Bonchev–Trinajstić information content (AvgIpc) is 3.10. The first-order valence-electron chi connectivity index (χ1n) is 10.7. The Kier molecular flexibility index (Phi) is 6.16. The van der Waals surface area contributed by atoms with Crippen molar-refractivity contribution in [2.45, 2.75) is 51.9 Å². The van der Waals surface area contributed by atoms with Crippen LogP contribution in [0, 0.1) is 0 Å². The molecule has 3 unspecified atom stereocenters. The molecule has 1 aliphatic heterocycles. The van der Waals surface area contributed by atoms with Crippen LogP contribution in [-0.2, 0) is 16.1 Å². The maximum Gasteiger partial charge on any atom is 0.223 e. The first-order chi connectivity index (χ1) is 14.5. The van der Waals surface area contributed by atoms with E-state index in [4.69, 9.17) is 16.3 Å². The standard InChI is InChI=1S/C25H29ClN2O2/c1-4-27-16-23(21-10-5-6-11-24(21)27)22(19-8-7-9-20(26)12-19)13-25(29)28-14-17(2)30-18(3)15-28/h5-12,16-18,22H,4,13-15H2,1-3H3. The number of halogens is 1. The number of benzene rings is 2. The number of aryl methyl sites for hydroxylation is 1. The van der Waals surface area contributed by atoms with Crippen molar-refractivity contribution in [3.05, 3.63) is 70.9 Å². The number of amides is 1. The van der Waals surface area contributed by atoms with Crippen molar-refractivity contribution in [1.29, 1.82) is 0 Å². The Balaban J connectivity index is 1.74. The van der Waals surface area contributed by atoms with E-state index in [0.29, 0.717) is 24.5 Å². The third kappa shape index (κ3) is 4.26. The van der Waals surface area contributed by atoms with E-state index in [2.05, 4.69) is 48.0 Å². The van der Waals surface area contributed by atoms with Gasteiger partial charge in [-0.3, -0.25) is 4.79 Å². The molecular formula is C25H29ClN2O2. The molecule has 2 heterocycles. The Hall–Kier alpha value is -2.30. The van der Waals surface area contributed by atoms with Crippen LogP contribution in [0.1, 0.15) is 44.2 Å². The van der Waals surface area contributed by atoms with Crippen molar-refractivity contribution in [2.75, 3.05) is 13.1 Å². The summed E-state index contributed by atoms with van der Waals surface area (Å²) in [6.07, 6.45) is 2.74. The van der Waals surface area contributed by atoms with Gasteiger partial charge < -0.3 is 14.2 Å². The molecule has 1 saturated heterocycles. The molecule has 0 aliphatic carbocycles. The number of nitrogens with zero attached hydrogens (tertiary/aromatic N) is 2. The van der Waals surface area contributed by atoms with Crippen molar-refractivity contribution < 1.29 is 9.53 Å². The minimum Gasteiger partial charge on any atom is -0.372 e. The highest BCUT2D eigenvalue weighted by Gasteiger charge is 2.29. The SMILES string of the molecule is CCn1cc(C(CC(=O)N2CC(C)OC(C)C2)c2cccc(Cl)c2)c2ccccc21. The van der Waals surface area contributed by atoms with Crippen LogP contribution in [0.25, 0.3) is 10.9 Å². The number of hydrogen-bond donors (Lipinski definition) is 0. The molecular weight excluding hydrogens is 396 g/mol. The number of morpholine rings is 1. The number of carbonyl (C=O) groups is 1. The summed E-state index contributed by atoms with van der Waals surface area (Å²) >= 11 is 6.33. The molecule has 158 valence electrons. The molecule has 4 nitrogen and oxygen atoms in total. The highest BCUT2D eigenvalue weighted by Crippen LogP contribution is 2.36. The molecule has 0 radical (unpaired) electrons. The van der Waals surface area contributed by atoms with Crippen molar-refractivity contribution in [2.24, 2.45) is 0 Å². The van der Waals surface area contributed by atoms with Crippen molar-refractivity contribution in [3.63, 3.8) is 0 Å². The molecule has 0 saturated carbocycles. The maximum absolute atomic E-state index is 13.4. The van der Waals surface area contributed by atoms with E-state index in [9.17, 15) is 4.79 Å². The van der Waals surface area contributed by atoms with Gasteiger partial charge in [0, 0.05) is 54.1 Å². The van der Waals surface area contributed by atoms with Gasteiger partial charge in [0.05, 0.1) is 12.2 Å². The topological polar surface area (TPSA) is 34.5 Å². The van der Waals surface area contributed by atoms with Crippen LogP contribution in [0.5, 0.6) is 0 Å². The van der Waals surface area contributed by atoms with Gasteiger partial charge in [0.2, 0.25) is 5.91 Å². The molecule has 1 fully saturated rings. The molecule has 2 aromatic carbocycles. The van der Waals surface area contributed by atoms with Gasteiger partial charge in [-0.15, -0.1) is 0 Å². The van der Waals surface area contributed by atoms with Crippen molar-refractivity contribution >= 4 is 28.4 Å². The average molecular weight is 425 g/mol. The minimum atomic E-state index is -0.0534. The van der Waals surface area contributed by atoms with Gasteiger partial charge in [-0.25, -0.2) is 0 Å². The lowest BCUT2D eigenvalue weighted by molar-refractivity contribution is -0.143. The largest absolute Gasteiger partial charge is 0.372 e. The van der Waals surface area contributed by atoms with E-state index >= 15 is 0 Å². The Bertz CT molecular complexity index is 1030. The summed E-state index contributed by atoms with van der Waals surface area (Å²) in [6.45, 7) is 8.37. The number of hydrogen-bond acceptors (Lipinski definition) is 2. The molecule has 1 aliphatic rings. The van der Waals surface area contributed by atoms with E-state index in [1.54, 1.807) is 0 Å². The number of fused-ring (bicyclic) bond motifs is 1. The second kappa shape index (κ2) is 8.83. The molecule has 5 heteroatoms. The summed E-state index contributed by atoms with van der Waals surface area (Å²) in [5.74, 6) is 0.109. The Labute approximate surface area is 183 Å². The maximum atomic E-state index is 13.4. The number of para-hydroxylation sites is 1. The molecule has 1 amide bonds. The van der Waals surface area contributed by atoms with Gasteiger partial charge in [0.15, 0.2) is 0 Å². The normalized spacial score (nSPS) is 20.5. The van der Waals surface area contributed by atoms with Crippen molar-refractivity contribution in [1.82, 2.24) is 9.47 Å². The molecule has 4 rings (SSSR count). The van der Waals surface area contributed by atoms with Gasteiger partial charge in [0.1, 0.15) is 0 Å². The fourth-order valence-electron chi connectivity index (χ4n) is 4.63. The second-order valence-corrected chi connectivity index (χ2v) is 8.69. The van der Waals surface area contributed by atoms with Crippen LogP contribution in [-0.4, -0.2) is 40.7 Å². The van der Waals surface area contributed by atoms with Crippen LogP contribution < -0.4 is 0 Å². The van der Waals surface area contributed by atoms with Crippen LogP contribution in [0.2, 0.25) is 5.02 Å². The third-order valence-electron chi connectivity index (χ3n) is 5.94. The Morgan fingerprint density at radius 3 is 2.57 bits per heavy atom. The van der Waals surface area contributed by atoms with E-state index in [-0.39, 0.29) is 24.0 Å². The summed E-state index contributed by atoms with van der Waals surface area (Å²) in [4.78, 5) is 15.3. The van der Waals surface area contributed by atoms with Crippen LogP contribution in [0.3, 0.4) is 0 Å². The first kappa shape index (κ1) is 21.0. The summed E-state index contributed by atoms with van der Waals surface area (Å²) in [6, 6.07) is 16.3. The third-order valence-corrected chi connectivity index (χ3v) is 6.17. The zero-order valence-corrected chi connectivity index (χ0v) is 18.6. The highest BCUT2D eigenvalue weighted by molar-refractivity contribution is 6.30. The Morgan fingerprint density at radius 1 is 1.13 bits per heavy atom. The summed E-state index contributed by atoms with van der Waals surface area (Å²) < 4.78 is 8.07. The van der Waals surface area contributed by atoms with Gasteiger partial charge in [-0.2, -0.15) is 0 Å². The Morgan fingerprint density at radius 2 is 1.87 bits per heavy atom. The summed E-state index contributed by atoms with van der Waals surface area (Å²) in [7, 11) is 0. The molecule has 3 aromatic rings. The van der Waals surface area contributed by atoms with E-state index < -0.39 is 0 Å². The number of carbonyl (C=O) groups excluding carboxylic acids is 1. The van der Waals surface area contributed by atoms with E-state index in [1.807, 2.05) is 36.9 Å². The number of aromatic nitrogens is 1. The molecule has 30 heavy (non-hydrogen) atoms. The first-order valence-corrected chi connectivity index (χ1v) is 11.1. The molecule has 1 aromatic heterocycles. The fourth-order valence-corrected chi connectivity index (χ4v) is 4.83. The zero-order chi connectivity index (χ0) is 21.3. The summed E-state index contributed by atoms with van der Waals surface area (Å²) in [5, 5.41) is 1.89. The van der Waals surface area contributed by atoms with Crippen LogP contribution >= 0.6 is 11.6 Å². The van der Waals surface area contributed by atoms with Crippen LogP contribution in [0.15, 0.2) is 54.7 Å². The predicted octanol–water partition coefficient (Wildman–Crippen LogP) is 5.47.